The van der Waals surface area contributed by atoms with Crippen LogP contribution in [0.25, 0.3) is 11.1 Å². The van der Waals surface area contributed by atoms with Crippen LogP contribution in [0.5, 0.6) is 0 Å². The molecule has 0 spiro atoms. The summed E-state index contributed by atoms with van der Waals surface area (Å²) in [5, 5.41) is 18.4. The summed E-state index contributed by atoms with van der Waals surface area (Å²) in [6, 6.07) is 6.40. The fraction of sp³-hybridized carbons (Fsp3) is 0.333. The molecule has 0 bridgehead atoms. The molecule has 1 fully saturated rings. The lowest BCUT2D eigenvalue weighted by atomic mass is 9.92. The average molecular weight is 247 g/mol. The first-order valence-corrected chi connectivity index (χ1v) is 5.50. The Labute approximate surface area is 102 Å². The molecule has 0 saturated carbocycles. The first-order valence-electron chi connectivity index (χ1n) is 5.50. The van der Waals surface area contributed by atoms with Gasteiger partial charge >= 0.3 is 0 Å². The summed E-state index contributed by atoms with van der Waals surface area (Å²) < 4.78 is 18.4. The SMILES string of the molecule is N#CCC1(O)CN(c2nc3cc(F)ccc3o2)C1. The molecule has 2 aromatic rings. The van der Waals surface area contributed by atoms with Crippen LogP contribution in [0.4, 0.5) is 10.4 Å². The molecule has 0 aliphatic carbocycles. The molecule has 6 heteroatoms. The number of rotatable bonds is 2. The van der Waals surface area contributed by atoms with Gasteiger partial charge < -0.3 is 14.4 Å². The summed E-state index contributed by atoms with van der Waals surface area (Å²) in [7, 11) is 0. The Morgan fingerprint density at radius 2 is 2.33 bits per heavy atom. The maximum atomic E-state index is 13.0. The number of benzene rings is 1. The molecule has 1 aliphatic heterocycles. The van der Waals surface area contributed by atoms with Gasteiger partial charge in [-0.05, 0) is 12.1 Å². The van der Waals surface area contributed by atoms with Crippen LogP contribution in [-0.2, 0) is 0 Å². The minimum absolute atomic E-state index is 0.0817. The lowest BCUT2D eigenvalue weighted by molar-refractivity contribution is 0.0138. The highest BCUT2D eigenvalue weighted by Gasteiger charge is 2.43. The van der Waals surface area contributed by atoms with Crippen molar-refractivity contribution in [2.75, 3.05) is 18.0 Å². The monoisotopic (exact) mass is 247 g/mol. The predicted octanol–water partition coefficient (Wildman–Crippen LogP) is 1.43. The molecule has 5 nitrogen and oxygen atoms in total. The van der Waals surface area contributed by atoms with Crippen molar-refractivity contribution in [2.45, 2.75) is 12.0 Å². The molecule has 1 aromatic carbocycles. The normalized spacial score (nSPS) is 17.5. The van der Waals surface area contributed by atoms with Crippen molar-refractivity contribution in [1.29, 1.82) is 5.26 Å². The number of aromatic nitrogens is 1. The van der Waals surface area contributed by atoms with Crippen molar-refractivity contribution < 1.29 is 13.9 Å². The van der Waals surface area contributed by atoms with E-state index in [0.717, 1.165) is 0 Å². The maximum absolute atomic E-state index is 13.0. The van der Waals surface area contributed by atoms with Gasteiger partial charge in [0.2, 0.25) is 0 Å². The van der Waals surface area contributed by atoms with Crippen molar-refractivity contribution in [3.63, 3.8) is 0 Å². The van der Waals surface area contributed by atoms with E-state index in [1.807, 2.05) is 6.07 Å². The van der Waals surface area contributed by atoms with E-state index in [-0.39, 0.29) is 12.2 Å². The van der Waals surface area contributed by atoms with Crippen LogP contribution >= 0.6 is 0 Å². The number of fused-ring (bicyclic) bond motifs is 1. The second-order valence-electron chi connectivity index (χ2n) is 4.52. The highest BCUT2D eigenvalue weighted by atomic mass is 19.1. The number of anilines is 1. The van der Waals surface area contributed by atoms with Gasteiger partial charge in [0.1, 0.15) is 16.9 Å². The number of hydrogen-bond donors (Lipinski definition) is 1. The van der Waals surface area contributed by atoms with E-state index >= 15 is 0 Å². The highest BCUT2D eigenvalue weighted by Crippen LogP contribution is 2.31. The molecule has 92 valence electrons. The predicted molar refractivity (Wildman–Crippen MR) is 61.4 cm³/mol. The number of nitriles is 1. The molecule has 1 aliphatic rings. The van der Waals surface area contributed by atoms with E-state index in [1.54, 1.807) is 4.90 Å². The summed E-state index contributed by atoms with van der Waals surface area (Å²) in [4.78, 5) is 5.86. The Balaban J connectivity index is 1.83. The van der Waals surface area contributed by atoms with Crippen molar-refractivity contribution in [1.82, 2.24) is 4.98 Å². The van der Waals surface area contributed by atoms with Gasteiger partial charge in [-0.1, -0.05) is 0 Å². The molecule has 18 heavy (non-hydrogen) atoms. The molecule has 0 radical (unpaired) electrons. The van der Waals surface area contributed by atoms with Gasteiger partial charge in [0, 0.05) is 6.07 Å². The van der Waals surface area contributed by atoms with E-state index in [9.17, 15) is 9.50 Å². The van der Waals surface area contributed by atoms with Crippen molar-refractivity contribution >= 4 is 17.1 Å². The summed E-state index contributed by atoms with van der Waals surface area (Å²) in [6.07, 6.45) is 0.0817. The third-order valence-corrected chi connectivity index (χ3v) is 2.99. The van der Waals surface area contributed by atoms with Crippen molar-refractivity contribution in [3.05, 3.63) is 24.0 Å². The van der Waals surface area contributed by atoms with Gasteiger partial charge in [-0.25, -0.2) is 4.39 Å². The molecule has 0 amide bonds. The zero-order valence-corrected chi connectivity index (χ0v) is 9.43. The topological polar surface area (TPSA) is 73.3 Å². The third-order valence-electron chi connectivity index (χ3n) is 2.99. The third kappa shape index (κ3) is 1.69. The summed E-state index contributed by atoms with van der Waals surface area (Å²) >= 11 is 0. The molecule has 3 rings (SSSR count). The number of hydrogen-bond acceptors (Lipinski definition) is 5. The van der Waals surface area contributed by atoms with Gasteiger partial charge in [0.05, 0.1) is 25.6 Å². The van der Waals surface area contributed by atoms with Gasteiger partial charge in [0.25, 0.3) is 6.01 Å². The number of halogens is 1. The number of aliphatic hydroxyl groups is 1. The summed E-state index contributed by atoms with van der Waals surface area (Å²) in [6.45, 7) is 0.603. The van der Waals surface area contributed by atoms with E-state index in [4.69, 9.17) is 9.68 Å². The van der Waals surface area contributed by atoms with Gasteiger partial charge in [0.15, 0.2) is 5.58 Å². The highest BCUT2D eigenvalue weighted by molar-refractivity contribution is 5.74. The van der Waals surface area contributed by atoms with E-state index < -0.39 is 5.60 Å². The van der Waals surface area contributed by atoms with Crippen molar-refractivity contribution in [2.24, 2.45) is 0 Å². The summed E-state index contributed by atoms with van der Waals surface area (Å²) in [5.74, 6) is -0.369. The molecule has 1 aromatic heterocycles. The van der Waals surface area contributed by atoms with E-state index in [2.05, 4.69) is 4.98 Å². The smallest absolute Gasteiger partial charge is 0.298 e. The van der Waals surface area contributed by atoms with E-state index in [0.29, 0.717) is 30.2 Å². The lowest BCUT2D eigenvalue weighted by Gasteiger charge is -2.44. The Morgan fingerprint density at radius 3 is 3.06 bits per heavy atom. The first kappa shape index (κ1) is 11.0. The van der Waals surface area contributed by atoms with Crippen LogP contribution in [0, 0.1) is 17.1 Å². The van der Waals surface area contributed by atoms with Crippen LogP contribution < -0.4 is 4.90 Å². The van der Waals surface area contributed by atoms with Gasteiger partial charge in [-0.15, -0.1) is 0 Å². The molecule has 2 heterocycles. The second-order valence-corrected chi connectivity index (χ2v) is 4.52. The molecule has 0 unspecified atom stereocenters. The number of nitrogens with zero attached hydrogens (tertiary/aromatic N) is 3. The zero-order chi connectivity index (χ0) is 12.8. The van der Waals surface area contributed by atoms with Crippen LogP contribution in [0.3, 0.4) is 0 Å². The number of β-amino-alcohol motifs (C(OH)–C–C–N with tert-alkyl or cyclic N) is 1. The van der Waals surface area contributed by atoms with Crippen LogP contribution in [0.2, 0.25) is 0 Å². The minimum atomic E-state index is -0.985. The first-order chi connectivity index (χ1) is 8.59. The largest absolute Gasteiger partial charge is 0.423 e. The van der Waals surface area contributed by atoms with Crippen molar-refractivity contribution in [3.8, 4) is 6.07 Å². The second kappa shape index (κ2) is 3.68. The minimum Gasteiger partial charge on any atom is -0.423 e. The van der Waals surface area contributed by atoms with Gasteiger partial charge in [-0.3, -0.25) is 0 Å². The van der Waals surface area contributed by atoms with Gasteiger partial charge in [-0.2, -0.15) is 10.2 Å². The lowest BCUT2D eigenvalue weighted by Crippen LogP contribution is -2.62. The Bertz CT molecular complexity index is 640. The molecule has 1 N–H and O–H groups in total. The maximum Gasteiger partial charge on any atom is 0.298 e. The Morgan fingerprint density at radius 1 is 1.56 bits per heavy atom. The average Bonchev–Trinajstić information content (AvgIpc) is 2.68. The standard InChI is InChI=1S/C12H10FN3O2/c13-8-1-2-10-9(5-8)15-11(18-10)16-6-12(17,7-16)3-4-14/h1-2,5,17H,3,6-7H2. The fourth-order valence-electron chi connectivity index (χ4n) is 2.08. The van der Waals surface area contributed by atoms with Crippen LogP contribution in [0.15, 0.2) is 22.6 Å². The molecular formula is C12H10FN3O2. The molecular weight excluding hydrogens is 237 g/mol. The van der Waals surface area contributed by atoms with E-state index in [1.165, 1.54) is 18.2 Å². The fourth-order valence-corrected chi connectivity index (χ4v) is 2.08. The number of oxazole rings is 1. The Hall–Kier alpha value is -2.13. The van der Waals surface area contributed by atoms with Crippen LogP contribution in [-0.4, -0.2) is 28.8 Å². The molecule has 1 saturated heterocycles. The Kier molecular flexibility index (Phi) is 2.25. The molecule has 0 atom stereocenters. The quantitative estimate of drug-likeness (QED) is 0.869. The zero-order valence-electron chi connectivity index (χ0n) is 9.43. The van der Waals surface area contributed by atoms with Crippen LogP contribution in [0.1, 0.15) is 6.42 Å². The summed E-state index contributed by atoms with van der Waals surface area (Å²) in [5.41, 5.74) is -0.0384.